The number of rotatable bonds is 9. The minimum absolute atomic E-state index is 0.00833. The van der Waals surface area contributed by atoms with Gasteiger partial charge in [-0.3, -0.25) is 4.68 Å². The lowest BCUT2D eigenvalue weighted by atomic mass is 10.2. The highest BCUT2D eigenvalue weighted by Crippen LogP contribution is 2.19. The standard InChI is InChI=1S/C13H25N3O2/c1-5-8-14-12(13(17-3)18-4)11-7-9-15-16(11)10-6-2/h7,9,12-14H,5-6,8,10H2,1-4H3. The summed E-state index contributed by atoms with van der Waals surface area (Å²) in [5.41, 5.74) is 1.11. The number of nitrogens with zero attached hydrogens (tertiary/aromatic N) is 2. The van der Waals surface area contributed by atoms with Gasteiger partial charge in [0.15, 0.2) is 6.29 Å². The molecule has 0 bridgehead atoms. The Morgan fingerprint density at radius 3 is 2.56 bits per heavy atom. The number of aromatic nitrogens is 2. The fraction of sp³-hybridized carbons (Fsp3) is 0.769. The van der Waals surface area contributed by atoms with Gasteiger partial charge in [0.2, 0.25) is 0 Å². The van der Waals surface area contributed by atoms with E-state index in [0.29, 0.717) is 0 Å². The van der Waals surface area contributed by atoms with Gasteiger partial charge in [-0.1, -0.05) is 13.8 Å². The van der Waals surface area contributed by atoms with Crippen LogP contribution in [0, 0.1) is 0 Å². The van der Waals surface area contributed by atoms with Crippen molar-refractivity contribution < 1.29 is 9.47 Å². The first-order valence-electron chi connectivity index (χ1n) is 6.59. The fourth-order valence-electron chi connectivity index (χ4n) is 2.01. The number of hydrogen-bond donors (Lipinski definition) is 1. The van der Waals surface area contributed by atoms with Crippen LogP contribution in [0.15, 0.2) is 12.3 Å². The molecule has 1 N–H and O–H groups in total. The monoisotopic (exact) mass is 255 g/mol. The van der Waals surface area contributed by atoms with Gasteiger partial charge in [-0.25, -0.2) is 0 Å². The normalized spacial score (nSPS) is 13.2. The second-order valence-electron chi connectivity index (χ2n) is 4.25. The van der Waals surface area contributed by atoms with Crippen molar-refractivity contribution in [3.05, 3.63) is 18.0 Å². The zero-order chi connectivity index (χ0) is 13.4. The van der Waals surface area contributed by atoms with Crippen molar-refractivity contribution in [2.45, 2.75) is 45.6 Å². The lowest BCUT2D eigenvalue weighted by Gasteiger charge is -2.26. The van der Waals surface area contributed by atoms with Crippen molar-refractivity contribution in [3.63, 3.8) is 0 Å². The van der Waals surface area contributed by atoms with Crippen LogP contribution in [0.5, 0.6) is 0 Å². The molecule has 18 heavy (non-hydrogen) atoms. The molecule has 0 aromatic carbocycles. The molecule has 0 aliphatic carbocycles. The van der Waals surface area contributed by atoms with Crippen molar-refractivity contribution >= 4 is 0 Å². The van der Waals surface area contributed by atoms with Gasteiger partial charge in [-0.2, -0.15) is 5.10 Å². The molecule has 1 rings (SSSR count). The third-order valence-corrected chi connectivity index (χ3v) is 2.85. The number of nitrogens with one attached hydrogen (secondary N) is 1. The van der Waals surface area contributed by atoms with Crippen LogP contribution in [0.3, 0.4) is 0 Å². The van der Waals surface area contributed by atoms with Crippen molar-refractivity contribution in [2.75, 3.05) is 20.8 Å². The van der Waals surface area contributed by atoms with E-state index >= 15 is 0 Å². The summed E-state index contributed by atoms with van der Waals surface area (Å²) in [6.45, 7) is 6.12. The van der Waals surface area contributed by atoms with Crippen LogP contribution in [0.25, 0.3) is 0 Å². The molecule has 1 heterocycles. The zero-order valence-electron chi connectivity index (χ0n) is 11.8. The summed E-state index contributed by atoms with van der Waals surface area (Å²) < 4.78 is 12.8. The van der Waals surface area contributed by atoms with E-state index in [9.17, 15) is 0 Å². The summed E-state index contributed by atoms with van der Waals surface area (Å²) in [5.74, 6) is 0. The van der Waals surface area contributed by atoms with Crippen LogP contribution in [0.2, 0.25) is 0 Å². The van der Waals surface area contributed by atoms with Crippen molar-refractivity contribution in [1.82, 2.24) is 15.1 Å². The zero-order valence-corrected chi connectivity index (χ0v) is 11.8. The summed E-state index contributed by atoms with van der Waals surface area (Å²) in [6, 6.07) is 2.03. The van der Waals surface area contributed by atoms with Crippen molar-refractivity contribution in [1.29, 1.82) is 0 Å². The Hall–Kier alpha value is -0.910. The third-order valence-electron chi connectivity index (χ3n) is 2.85. The molecular formula is C13H25N3O2. The number of methoxy groups -OCH3 is 2. The van der Waals surface area contributed by atoms with E-state index in [1.165, 1.54) is 0 Å². The Balaban J connectivity index is 2.89. The Labute approximate surface area is 109 Å². The van der Waals surface area contributed by atoms with Crippen LogP contribution in [0.1, 0.15) is 38.4 Å². The second kappa shape index (κ2) is 8.24. The maximum Gasteiger partial charge on any atom is 0.177 e. The van der Waals surface area contributed by atoms with Gasteiger partial charge in [0.25, 0.3) is 0 Å². The lowest BCUT2D eigenvalue weighted by Crippen LogP contribution is -2.36. The van der Waals surface area contributed by atoms with Gasteiger partial charge in [-0.15, -0.1) is 0 Å². The molecule has 1 unspecified atom stereocenters. The SMILES string of the molecule is CCCNC(c1ccnn1CCC)C(OC)OC. The molecule has 0 amide bonds. The highest BCUT2D eigenvalue weighted by Gasteiger charge is 2.25. The smallest absolute Gasteiger partial charge is 0.177 e. The van der Waals surface area contributed by atoms with Crippen molar-refractivity contribution in [2.24, 2.45) is 0 Å². The molecule has 0 aliphatic heterocycles. The van der Waals surface area contributed by atoms with Crippen LogP contribution in [-0.2, 0) is 16.0 Å². The minimum Gasteiger partial charge on any atom is -0.354 e. The maximum atomic E-state index is 5.39. The first-order valence-corrected chi connectivity index (χ1v) is 6.59. The third kappa shape index (κ3) is 3.80. The van der Waals surface area contributed by atoms with Crippen LogP contribution in [-0.4, -0.2) is 36.8 Å². The minimum atomic E-state index is -0.302. The van der Waals surface area contributed by atoms with Gasteiger partial charge >= 0.3 is 0 Å². The molecule has 0 fully saturated rings. The fourth-order valence-corrected chi connectivity index (χ4v) is 2.01. The maximum absolute atomic E-state index is 5.39. The molecule has 1 atom stereocenters. The molecule has 0 radical (unpaired) electrons. The van der Waals surface area contributed by atoms with E-state index in [2.05, 4.69) is 24.3 Å². The molecule has 104 valence electrons. The van der Waals surface area contributed by atoms with Gasteiger partial charge in [0.1, 0.15) is 6.04 Å². The molecule has 0 saturated carbocycles. The number of aryl methyl sites for hydroxylation is 1. The van der Waals surface area contributed by atoms with E-state index in [1.54, 1.807) is 14.2 Å². The quantitative estimate of drug-likeness (QED) is 0.685. The molecule has 1 aromatic rings. The Kier molecular flexibility index (Phi) is 6.93. The van der Waals surface area contributed by atoms with Gasteiger partial charge in [-0.05, 0) is 25.5 Å². The first-order chi connectivity index (χ1) is 8.78. The predicted molar refractivity (Wildman–Crippen MR) is 71.4 cm³/mol. The van der Waals surface area contributed by atoms with Crippen LogP contribution in [0.4, 0.5) is 0 Å². The topological polar surface area (TPSA) is 48.3 Å². The molecule has 5 heteroatoms. The highest BCUT2D eigenvalue weighted by atomic mass is 16.7. The van der Waals surface area contributed by atoms with E-state index in [1.807, 2.05) is 16.9 Å². The Bertz CT molecular complexity index is 324. The molecule has 0 saturated heterocycles. The largest absolute Gasteiger partial charge is 0.354 e. The first kappa shape index (κ1) is 15.1. The Morgan fingerprint density at radius 2 is 2.00 bits per heavy atom. The number of hydrogen-bond acceptors (Lipinski definition) is 4. The van der Waals surface area contributed by atoms with Crippen molar-refractivity contribution in [3.8, 4) is 0 Å². The predicted octanol–water partition coefficient (Wildman–Crippen LogP) is 1.95. The average molecular weight is 255 g/mol. The molecule has 1 aromatic heterocycles. The van der Waals surface area contributed by atoms with Gasteiger partial charge in [0.05, 0.1) is 5.69 Å². The van der Waals surface area contributed by atoms with Gasteiger partial charge < -0.3 is 14.8 Å². The average Bonchev–Trinajstić information content (AvgIpc) is 2.83. The molecule has 0 aliphatic rings. The second-order valence-corrected chi connectivity index (χ2v) is 4.25. The van der Waals surface area contributed by atoms with Crippen LogP contribution >= 0.6 is 0 Å². The summed E-state index contributed by atoms with van der Waals surface area (Å²) in [5, 5.41) is 7.81. The van der Waals surface area contributed by atoms with E-state index in [-0.39, 0.29) is 12.3 Å². The molecule has 0 spiro atoms. The lowest BCUT2D eigenvalue weighted by molar-refractivity contribution is -0.125. The Morgan fingerprint density at radius 1 is 1.28 bits per heavy atom. The van der Waals surface area contributed by atoms with E-state index in [4.69, 9.17) is 9.47 Å². The van der Waals surface area contributed by atoms with E-state index in [0.717, 1.165) is 31.6 Å². The summed E-state index contributed by atoms with van der Waals surface area (Å²) in [7, 11) is 3.32. The molecule has 5 nitrogen and oxygen atoms in total. The molecular weight excluding hydrogens is 230 g/mol. The van der Waals surface area contributed by atoms with Crippen LogP contribution < -0.4 is 5.32 Å². The van der Waals surface area contributed by atoms with Gasteiger partial charge in [0, 0.05) is 27.0 Å². The van der Waals surface area contributed by atoms with E-state index < -0.39 is 0 Å². The summed E-state index contributed by atoms with van der Waals surface area (Å²) >= 11 is 0. The summed E-state index contributed by atoms with van der Waals surface area (Å²) in [4.78, 5) is 0. The summed E-state index contributed by atoms with van der Waals surface area (Å²) in [6.07, 6.45) is 3.65. The highest BCUT2D eigenvalue weighted by molar-refractivity contribution is 5.08. The number of ether oxygens (including phenoxy) is 2.